The molecule has 3 atom stereocenters. The molecule has 100 valence electrons. The molecule has 1 aliphatic heterocycles. The Morgan fingerprint density at radius 3 is 2.59 bits per heavy atom. The lowest BCUT2D eigenvalue weighted by atomic mass is 9.95. The summed E-state index contributed by atoms with van der Waals surface area (Å²) in [7, 11) is 0. The zero-order chi connectivity index (χ0) is 13.2. The largest absolute Gasteiger partial charge is 0.399 e. The molecule has 0 saturated carbocycles. The molecule has 1 heterocycles. The minimum Gasteiger partial charge on any atom is -0.393 e. The van der Waals surface area contributed by atoms with Crippen LogP contribution in [0.4, 0.5) is 13.2 Å². The number of hydrogen-bond donors (Lipinski definition) is 2. The molecule has 1 rings (SSSR count). The van der Waals surface area contributed by atoms with E-state index < -0.39 is 23.2 Å². The molecular weight excluding hydrogens is 253 g/mol. The maximum absolute atomic E-state index is 12.6. The summed E-state index contributed by atoms with van der Waals surface area (Å²) in [5.74, 6) is -1.67. The smallest absolute Gasteiger partial charge is 0.393 e. The van der Waals surface area contributed by atoms with Gasteiger partial charge in [0.15, 0.2) is 0 Å². The van der Waals surface area contributed by atoms with Crippen LogP contribution in [-0.2, 0) is 0 Å². The number of likely N-dealkylation sites (tertiary alicyclic amines) is 1. The average molecular weight is 270 g/mol. The van der Waals surface area contributed by atoms with E-state index in [1.165, 1.54) is 0 Å². The van der Waals surface area contributed by atoms with E-state index in [0.717, 1.165) is 0 Å². The number of nitrogens with two attached hydrogens (primary N) is 1. The zero-order valence-electron chi connectivity index (χ0n) is 9.57. The lowest BCUT2D eigenvalue weighted by Gasteiger charge is -2.36. The molecule has 3 unspecified atom stereocenters. The second-order valence-corrected chi connectivity index (χ2v) is 5.06. The summed E-state index contributed by atoms with van der Waals surface area (Å²) in [5, 5.41) is 9.62. The maximum atomic E-state index is 12.6. The Labute approximate surface area is 104 Å². The number of nitrogens with zero attached hydrogens (tertiary/aromatic N) is 1. The fraction of sp³-hybridized carbons (Fsp3) is 0.900. The van der Waals surface area contributed by atoms with Crippen molar-refractivity contribution in [3.05, 3.63) is 0 Å². The fourth-order valence-electron chi connectivity index (χ4n) is 1.89. The van der Waals surface area contributed by atoms with Crippen LogP contribution < -0.4 is 5.73 Å². The van der Waals surface area contributed by atoms with Gasteiger partial charge in [0.05, 0.1) is 11.1 Å². The van der Waals surface area contributed by atoms with Crippen molar-refractivity contribution in [3.63, 3.8) is 0 Å². The standard InChI is InChI=1S/C10H17F3N2OS/c1-6-2-3-15(5-8(6)16)4-7(9(14)17)10(11,12)13/h6-8,16H,2-5H2,1H3,(H2,14,17). The molecule has 0 aliphatic carbocycles. The van der Waals surface area contributed by atoms with Crippen LogP contribution in [0.2, 0.25) is 0 Å². The predicted molar refractivity (Wildman–Crippen MR) is 62.6 cm³/mol. The average Bonchev–Trinajstić information content (AvgIpc) is 2.17. The van der Waals surface area contributed by atoms with E-state index in [1.807, 2.05) is 6.92 Å². The summed E-state index contributed by atoms with van der Waals surface area (Å²) in [4.78, 5) is 1.03. The lowest BCUT2D eigenvalue weighted by Crippen LogP contribution is -2.49. The van der Waals surface area contributed by atoms with Crippen LogP contribution in [0.3, 0.4) is 0 Å². The number of β-amino-alcohol motifs (C(OH)–C–C–N with tert-alkyl or cyclic N) is 1. The van der Waals surface area contributed by atoms with Crippen molar-refractivity contribution in [2.45, 2.75) is 25.6 Å². The van der Waals surface area contributed by atoms with Crippen molar-refractivity contribution in [1.29, 1.82) is 0 Å². The van der Waals surface area contributed by atoms with E-state index in [-0.39, 0.29) is 19.0 Å². The third kappa shape index (κ3) is 4.08. The Morgan fingerprint density at radius 2 is 2.18 bits per heavy atom. The SMILES string of the molecule is CC1CCN(CC(C(N)=S)C(F)(F)F)CC1O. The first-order chi connectivity index (χ1) is 7.71. The number of aliphatic hydroxyl groups is 1. The first-order valence-corrected chi connectivity index (χ1v) is 5.89. The molecule has 0 bridgehead atoms. The van der Waals surface area contributed by atoms with E-state index in [9.17, 15) is 18.3 Å². The van der Waals surface area contributed by atoms with Gasteiger partial charge in [0.25, 0.3) is 0 Å². The molecular formula is C10H17F3N2OS. The summed E-state index contributed by atoms with van der Waals surface area (Å²) >= 11 is 4.45. The van der Waals surface area contributed by atoms with Gasteiger partial charge in [-0.3, -0.25) is 4.90 Å². The van der Waals surface area contributed by atoms with Crippen molar-refractivity contribution in [2.75, 3.05) is 19.6 Å². The molecule has 0 amide bonds. The first-order valence-electron chi connectivity index (χ1n) is 5.48. The lowest BCUT2D eigenvalue weighted by molar-refractivity contribution is -0.161. The van der Waals surface area contributed by atoms with Crippen LogP contribution in [0.1, 0.15) is 13.3 Å². The van der Waals surface area contributed by atoms with E-state index >= 15 is 0 Å². The highest BCUT2D eigenvalue weighted by atomic mass is 32.1. The third-order valence-corrected chi connectivity index (χ3v) is 3.47. The van der Waals surface area contributed by atoms with Crippen molar-refractivity contribution >= 4 is 17.2 Å². The summed E-state index contributed by atoms with van der Waals surface area (Å²) in [6.07, 6.45) is -4.31. The highest BCUT2D eigenvalue weighted by Gasteiger charge is 2.43. The van der Waals surface area contributed by atoms with Crippen molar-refractivity contribution < 1.29 is 18.3 Å². The minimum atomic E-state index is -4.42. The molecule has 1 fully saturated rings. The van der Waals surface area contributed by atoms with Gasteiger partial charge in [-0.1, -0.05) is 19.1 Å². The second kappa shape index (κ2) is 5.49. The minimum absolute atomic E-state index is 0.125. The van der Waals surface area contributed by atoms with Crippen LogP contribution >= 0.6 is 12.2 Å². The van der Waals surface area contributed by atoms with Crippen LogP contribution in [0.25, 0.3) is 0 Å². The molecule has 7 heteroatoms. The molecule has 1 saturated heterocycles. The number of rotatable bonds is 3. The first kappa shape index (κ1) is 14.7. The van der Waals surface area contributed by atoms with Gasteiger partial charge in [0.2, 0.25) is 0 Å². The molecule has 0 aromatic rings. The van der Waals surface area contributed by atoms with Gasteiger partial charge in [-0.2, -0.15) is 13.2 Å². The molecule has 0 radical (unpaired) electrons. The van der Waals surface area contributed by atoms with Gasteiger partial charge in [-0.15, -0.1) is 0 Å². The predicted octanol–water partition coefficient (Wildman–Crippen LogP) is 1.15. The summed E-state index contributed by atoms with van der Waals surface area (Å²) in [5.41, 5.74) is 5.12. The number of alkyl halides is 3. The molecule has 3 nitrogen and oxygen atoms in total. The topological polar surface area (TPSA) is 49.5 Å². The molecule has 0 aromatic heterocycles. The van der Waals surface area contributed by atoms with Gasteiger partial charge < -0.3 is 10.8 Å². The van der Waals surface area contributed by atoms with Gasteiger partial charge >= 0.3 is 6.18 Å². The Kier molecular flexibility index (Phi) is 4.74. The second-order valence-electron chi connectivity index (χ2n) is 4.59. The van der Waals surface area contributed by atoms with Crippen LogP contribution in [-0.4, -0.2) is 46.9 Å². The van der Waals surface area contributed by atoms with Crippen LogP contribution in [0.5, 0.6) is 0 Å². The van der Waals surface area contributed by atoms with Gasteiger partial charge in [-0.25, -0.2) is 0 Å². The highest BCUT2D eigenvalue weighted by molar-refractivity contribution is 7.80. The Hall–Kier alpha value is -0.400. The molecule has 0 aromatic carbocycles. The van der Waals surface area contributed by atoms with E-state index in [4.69, 9.17) is 5.73 Å². The number of hydrogen-bond acceptors (Lipinski definition) is 3. The number of aliphatic hydroxyl groups excluding tert-OH is 1. The zero-order valence-corrected chi connectivity index (χ0v) is 10.4. The van der Waals surface area contributed by atoms with Gasteiger partial charge in [0, 0.05) is 13.1 Å². The highest BCUT2D eigenvalue weighted by Crippen LogP contribution is 2.28. The number of piperidine rings is 1. The summed E-state index contributed by atoms with van der Waals surface area (Å²) < 4.78 is 37.9. The Bertz CT molecular complexity index is 285. The third-order valence-electron chi connectivity index (χ3n) is 3.18. The van der Waals surface area contributed by atoms with Gasteiger partial charge in [0.1, 0.15) is 5.92 Å². The Morgan fingerprint density at radius 1 is 1.59 bits per heavy atom. The summed E-state index contributed by atoms with van der Waals surface area (Å²) in [6, 6.07) is 0. The van der Waals surface area contributed by atoms with Crippen molar-refractivity contribution in [3.8, 4) is 0 Å². The molecule has 3 N–H and O–H groups in total. The van der Waals surface area contributed by atoms with Crippen molar-refractivity contribution in [2.24, 2.45) is 17.6 Å². The van der Waals surface area contributed by atoms with E-state index in [0.29, 0.717) is 13.0 Å². The monoisotopic (exact) mass is 270 g/mol. The summed E-state index contributed by atoms with van der Waals surface area (Å²) in [6.45, 7) is 2.41. The number of halogens is 3. The quantitative estimate of drug-likeness (QED) is 0.755. The van der Waals surface area contributed by atoms with Gasteiger partial charge in [-0.05, 0) is 18.9 Å². The normalized spacial score (nSPS) is 29.0. The molecule has 1 aliphatic rings. The fourth-order valence-corrected chi connectivity index (χ4v) is 2.10. The van der Waals surface area contributed by atoms with Crippen molar-refractivity contribution in [1.82, 2.24) is 4.90 Å². The van der Waals surface area contributed by atoms with Crippen LogP contribution in [0, 0.1) is 11.8 Å². The van der Waals surface area contributed by atoms with E-state index in [1.54, 1.807) is 4.90 Å². The van der Waals surface area contributed by atoms with E-state index in [2.05, 4.69) is 12.2 Å². The Balaban J connectivity index is 2.60. The maximum Gasteiger partial charge on any atom is 0.399 e. The van der Waals surface area contributed by atoms with Crippen LogP contribution in [0.15, 0.2) is 0 Å². The molecule has 17 heavy (non-hydrogen) atoms. The number of thiocarbonyl (C=S) groups is 1. The molecule has 0 spiro atoms.